The molecule has 0 aliphatic carbocycles. The van der Waals surface area contributed by atoms with Crippen molar-refractivity contribution in [1.29, 1.82) is 0 Å². The molecule has 0 saturated carbocycles. The summed E-state index contributed by atoms with van der Waals surface area (Å²) in [7, 11) is 1.70. The van der Waals surface area contributed by atoms with E-state index in [-0.39, 0.29) is 6.54 Å². The summed E-state index contributed by atoms with van der Waals surface area (Å²) in [6.07, 6.45) is 0.749. The van der Waals surface area contributed by atoms with Crippen LogP contribution in [0.25, 0.3) is 0 Å². The molecule has 0 atom stereocenters. The zero-order chi connectivity index (χ0) is 11.8. The van der Waals surface area contributed by atoms with Gasteiger partial charge in [-0.05, 0) is 38.9 Å². The molecule has 1 N–H and O–H groups in total. The zero-order valence-corrected chi connectivity index (χ0v) is 9.92. The zero-order valence-electron chi connectivity index (χ0n) is 9.92. The number of rotatable bonds is 7. The maximum Gasteiger partial charge on any atom is 0.251 e. The lowest BCUT2D eigenvalue weighted by Crippen LogP contribution is -2.44. The lowest BCUT2D eigenvalue weighted by molar-refractivity contribution is 0.0728. The van der Waals surface area contributed by atoms with Crippen molar-refractivity contribution in [3.05, 3.63) is 0 Å². The van der Waals surface area contributed by atoms with Gasteiger partial charge < -0.3 is 10.1 Å². The number of ether oxygens (including phenoxy) is 1. The summed E-state index contributed by atoms with van der Waals surface area (Å²) in [6.45, 7) is 3.22. The van der Waals surface area contributed by atoms with Crippen molar-refractivity contribution in [2.24, 2.45) is 0 Å². The van der Waals surface area contributed by atoms with Gasteiger partial charge in [0, 0.05) is 19.8 Å². The van der Waals surface area contributed by atoms with Crippen LogP contribution in [0.1, 0.15) is 19.3 Å². The number of alkyl halides is 2. The summed E-state index contributed by atoms with van der Waals surface area (Å²) < 4.78 is 29.2. The molecule has 1 saturated heterocycles. The molecule has 0 unspecified atom stereocenters. The first-order valence-corrected chi connectivity index (χ1v) is 5.95. The minimum atomic E-state index is -2.20. The monoisotopic (exact) mass is 236 g/mol. The highest BCUT2D eigenvalue weighted by Gasteiger charge is 2.20. The van der Waals surface area contributed by atoms with E-state index in [4.69, 9.17) is 4.74 Å². The summed E-state index contributed by atoms with van der Waals surface area (Å²) in [5.74, 6) is 0. The molecule has 5 heteroatoms. The van der Waals surface area contributed by atoms with Crippen LogP contribution < -0.4 is 5.32 Å². The maximum atomic E-state index is 12.1. The van der Waals surface area contributed by atoms with E-state index >= 15 is 0 Å². The number of hydrogen-bond acceptors (Lipinski definition) is 3. The van der Waals surface area contributed by atoms with E-state index in [2.05, 4.69) is 5.32 Å². The highest BCUT2D eigenvalue weighted by Crippen LogP contribution is 2.11. The predicted molar refractivity (Wildman–Crippen MR) is 60.0 cm³/mol. The van der Waals surface area contributed by atoms with Crippen molar-refractivity contribution in [3.63, 3.8) is 0 Å². The van der Waals surface area contributed by atoms with Crippen molar-refractivity contribution in [1.82, 2.24) is 10.2 Å². The van der Waals surface area contributed by atoms with E-state index < -0.39 is 6.43 Å². The van der Waals surface area contributed by atoms with Gasteiger partial charge >= 0.3 is 0 Å². The van der Waals surface area contributed by atoms with Crippen molar-refractivity contribution in [3.8, 4) is 0 Å². The van der Waals surface area contributed by atoms with Gasteiger partial charge in [0.15, 0.2) is 0 Å². The van der Waals surface area contributed by atoms with E-state index in [9.17, 15) is 8.78 Å². The third-order valence-electron chi connectivity index (χ3n) is 2.94. The molecule has 0 bridgehead atoms. The normalized spacial score (nSPS) is 19.5. The Morgan fingerprint density at radius 1 is 1.38 bits per heavy atom. The number of nitrogens with one attached hydrogen (secondary N) is 1. The second-order valence-electron chi connectivity index (χ2n) is 4.27. The van der Waals surface area contributed by atoms with E-state index in [1.54, 1.807) is 7.11 Å². The lowest BCUT2D eigenvalue weighted by Gasteiger charge is -2.32. The Bertz CT molecular complexity index is 173. The Morgan fingerprint density at radius 3 is 2.62 bits per heavy atom. The first-order chi connectivity index (χ1) is 7.72. The van der Waals surface area contributed by atoms with Crippen molar-refractivity contribution < 1.29 is 13.5 Å². The van der Waals surface area contributed by atoms with Gasteiger partial charge in [-0.1, -0.05) is 0 Å². The summed E-state index contributed by atoms with van der Waals surface area (Å²) in [5, 5.41) is 3.44. The van der Waals surface area contributed by atoms with Gasteiger partial charge in [0.1, 0.15) is 0 Å². The highest BCUT2D eigenvalue weighted by atomic mass is 19.3. The van der Waals surface area contributed by atoms with Crippen LogP contribution in [-0.2, 0) is 4.74 Å². The fourth-order valence-electron chi connectivity index (χ4n) is 2.04. The lowest BCUT2D eigenvalue weighted by atomic mass is 10.1. The average Bonchev–Trinajstić information content (AvgIpc) is 2.26. The highest BCUT2D eigenvalue weighted by molar-refractivity contribution is 4.77. The number of likely N-dealkylation sites (tertiary alicyclic amines) is 1. The number of hydrogen-bond donors (Lipinski definition) is 1. The molecule has 1 aliphatic heterocycles. The standard InChI is InChI=1S/C11H22F2N2O/c1-16-8-2-5-14-10-3-6-15(7-4-10)9-11(12)13/h10-11,14H,2-9H2,1H3. The molecule has 0 aromatic rings. The fourth-order valence-corrected chi connectivity index (χ4v) is 2.04. The Labute approximate surface area is 96.1 Å². The molecular formula is C11H22F2N2O. The Morgan fingerprint density at radius 2 is 2.06 bits per heavy atom. The van der Waals surface area contributed by atoms with Crippen molar-refractivity contribution in [2.45, 2.75) is 31.7 Å². The van der Waals surface area contributed by atoms with Crippen LogP contribution in [0.5, 0.6) is 0 Å². The number of nitrogens with zero attached hydrogens (tertiary/aromatic N) is 1. The topological polar surface area (TPSA) is 24.5 Å². The molecule has 0 aromatic carbocycles. The molecule has 1 fully saturated rings. The quantitative estimate of drug-likeness (QED) is 0.675. The Kier molecular flexibility index (Phi) is 6.84. The third kappa shape index (κ3) is 5.72. The number of methoxy groups -OCH3 is 1. The van der Waals surface area contributed by atoms with Gasteiger partial charge in [0.2, 0.25) is 0 Å². The van der Waals surface area contributed by atoms with E-state index in [0.717, 1.165) is 45.5 Å². The second-order valence-corrected chi connectivity index (χ2v) is 4.27. The van der Waals surface area contributed by atoms with E-state index in [1.807, 2.05) is 4.90 Å². The first-order valence-electron chi connectivity index (χ1n) is 5.95. The summed E-state index contributed by atoms with van der Waals surface area (Å²) in [4.78, 5) is 1.85. The number of piperidine rings is 1. The fraction of sp³-hybridized carbons (Fsp3) is 1.00. The molecule has 16 heavy (non-hydrogen) atoms. The van der Waals surface area contributed by atoms with Crippen molar-refractivity contribution >= 4 is 0 Å². The van der Waals surface area contributed by atoms with Gasteiger partial charge in [0.25, 0.3) is 6.43 Å². The van der Waals surface area contributed by atoms with Gasteiger partial charge in [-0.3, -0.25) is 4.90 Å². The predicted octanol–water partition coefficient (Wildman–Crippen LogP) is 1.34. The first kappa shape index (κ1) is 13.8. The molecule has 0 spiro atoms. The molecule has 1 aliphatic rings. The molecule has 96 valence electrons. The second kappa shape index (κ2) is 7.92. The van der Waals surface area contributed by atoms with Crippen LogP contribution in [0.2, 0.25) is 0 Å². The van der Waals surface area contributed by atoms with Crippen LogP contribution in [0.4, 0.5) is 8.78 Å². The van der Waals surface area contributed by atoms with E-state index in [1.165, 1.54) is 0 Å². The molecule has 0 radical (unpaired) electrons. The average molecular weight is 236 g/mol. The van der Waals surface area contributed by atoms with Crippen molar-refractivity contribution in [2.75, 3.05) is 39.9 Å². The summed E-state index contributed by atoms with van der Waals surface area (Å²) >= 11 is 0. The summed E-state index contributed by atoms with van der Waals surface area (Å²) in [5.41, 5.74) is 0. The van der Waals surface area contributed by atoms with Crippen LogP contribution >= 0.6 is 0 Å². The molecule has 0 amide bonds. The van der Waals surface area contributed by atoms with Crippen LogP contribution in [-0.4, -0.2) is 57.3 Å². The smallest absolute Gasteiger partial charge is 0.251 e. The van der Waals surface area contributed by atoms with Gasteiger partial charge in [0.05, 0.1) is 6.54 Å². The molecule has 1 rings (SSSR count). The van der Waals surface area contributed by atoms with E-state index in [0.29, 0.717) is 6.04 Å². The van der Waals surface area contributed by atoms with Crippen LogP contribution in [0.15, 0.2) is 0 Å². The van der Waals surface area contributed by atoms with Crippen LogP contribution in [0, 0.1) is 0 Å². The molecule has 0 aromatic heterocycles. The molecule has 1 heterocycles. The maximum absolute atomic E-state index is 12.1. The molecular weight excluding hydrogens is 214 g/mol. The minimum absolute atomic E-state index is 0.0730. The number of halogens is 2. The van der Waals surface area contributed by atoms with Gasteiger partial charge in [-0.25, -0.2) is 8.78 Å². The minimum Gasteiger partial charge on any atom is -0.385 e. The Hall–Kier alpha value is -0.260. The third-order valence-corrected chi connectivity index (χ3v) is 2.94. The van der Waals surface area contributed by atoms with Gasteiger partial charge in [-0.2, -0.15) is 0 Å². The van der Waals surface area contributed by atoms with Crippen LogP contribution in [0.3, 0.4) is 0 Å². The van der Waals surface area contributed by atoms with Gasteiger partial charge in [-0.15, -0.1) is 0 Å². The summed E-state index contributed by atoms with van der Waals surface area (Å²) in [6, 6.07) is 0.491. The molecule has 3 nitrogen and oxygen atoms in total. The SMILES string of the molecule is COCCCNC1CCN(CC(F)F)CC1. The largest absolute Gasteiger partial charge is 0.385 e. The Balaban J connectivity index is 2.03.